The molecule has 1 amide bonds. The summed E-state index contributed by atoms with van der Waals surface area (Å²) in [4.78, 5) is 30.5. The minimum atomic E-state index is -0.410. The van der Waals surface area contributed by atoms with E-state index in [0.29, 0.717) is 17.4 Å². The molecular weight excluding hydrogens is 376 g/mol. The van der Waals surface area contributed by atoms with Gasteiger partial charge >= 0.3 is 5.97 Å². The summed E-state index contributed by atoms with van der Waals surface area (Å²) in [6, 6.07) is 7.89. The zero-order chi connectivity index (χ0) is 21.1. The number of ether oxygens (including phenoxy) is 1. The number of aromatic nitrogens is 1. The molecule has 1 saturated carbocycles. The summed E-state index contributed by atoms with van der Waals surface area (Å²) in [5.41, 5.74) is 3.43. The lowest BCUT2D eigenvalue weighted by Gasteiger charge is -2.34. The number of pyridine rings is 1. The number of esters is 1. The van der Waals surface area contributed by atoms with Crippen molar-refractivity contribution in [2.24, 2.45) is 11.8 Å². The van der Waals surface area contributed by atoms with E-state index in [1.54, 1.807) is 0 Å². The van der Waals surface area contributed by atoms with Crippen molar-refractivity contribution in [1.29, 1.82) is 0 Å². The molecule has 5 nitrogen and oxygen atoms in total. The van der Waals surface area contributed by atoms with Crippen molar-refractivity contribution in [3.05, 3.63) is 41.1 Å². The molecular formula is C25H32N2O3. The van der Waals surface area contributed by atoms with Gasteiger partial charge in [0, 0.05) is 17.1 Å². The second-order valence-corrected chi connectivity index (χ2v) is 9.01. The first-order chi connectivity index (χ1) is 14.5. The van der Waals surface area contributed by atoms with Crippen molar-refractivity contribution in [2.75, 3.05) is 6.61 Å². The second kappa shape index (κ2) is 9.15. The molecule has 1 fully saturated rings. The van der Waals surface area contributed by atoms with Gasteiger partial charge in [0.2, 0.25) is 0 Å². The van der Waals surface area contributed by atoms with Crippen LogP contribution in [0.15, 0.2) is 24.3 Å². The number of nitrogens with zero attached hydrogens (tertiary/aromatic N) is 1. The van der Waals surface area contributed by atoms with Crippen LogP contribution in [0.4, 0.5) is 0 Å². The smallest absolute Gasteiger partial charge is 0.339 e. The minimum absolute atomic E-state index is 0.165. The number of nitrogens with one attached hydrogen (secondary N) is 1. The number of fused-ring (bicyclic) bond motifs is 2. The summed E-state index contributed by atoms with van der Waals surface area (Å²) in [5, 5.41) is 3.90. The number of hydrogen-bond acceptors (Lipinski definition) is 4. The molecule has 0 unspecified atom stereocenters. The average molecular weight is 409 g/mol. The lowest BCUT2D eigenvalue weighted by Crippen LogP contribution is -2.45. The van der Waals surface area contributed by atoms with Gasteiger partial charge < -0.3 is 10.1 Å². The fourth-order valence-corrected chi connectivity index (χ4v) is 5.02. The Balaban J connectivity index is 1.50. The van der Waals surface area contributed by atoms with Gasteiger partial charge in [-0.05, 0) is 55.6 Å². The number of para-hydroxylation sites is 1. The summed E-state index contributed by atoms with van der Waals surface area (Å²) in [7, 11) is 0. The fraction of sp³-hybridized carbons (Fsp3) is 0.560. The van der Waals surface area contributed by atoms with Crippen molar-refractivity contribution < 1.29 is 14.3 Å². The highest BCUT2D eigenvalue weighted by atomic mass is 16.5. The van der Waals surface area contributed by atoms with Crippen LogP contribution in [0.2, 0.25) is 0 Å². The highest BCUT2D eigenvalue weighted by Crippen LogP contribution is 2.30. The summed E-state index contributed by atoms with van der Waals surface area (Å²) in [5.74, 6) is 0.425. The quantitative estimate of drug-likeness (QED) is 0.593. The zero-order valence-electron chi connectivity index (χ0n) is 18.1. The molecule has 160 valence electrons. The maximum atomic E-state index is 13.1. The van der Waals surface area contributed by atoms with Gasteiger partial charge in [0.05, 0.1) is 11.1 Å². The third-order valence-corrected chi connectivity index (χ3v) is 7.01. The van der Waals surface area contributed by atoms with Crippen LogP contribution < -0.4 is 5.32 Å². The van der Waals surface area contributed by atoms with E-state index >= 15 is 0 Å². The van der Waals surface area contributed by atoms with E-state index in [0.717, 1.165) is 67.1 Å². The van der Waals surface area contributed by atoms with Gasteiger partial charge in [0.15, 0.2) is 6.61 Å². The van der Waals surface area contributed by atoms with E-state index in [-0.39, 0.29) is 18.6 Å². The van der Waals surface area contributed by atoms with Crippen LogP contribution in [0, 0.1) is 11.8 Å². The minimum Gasteiger partial charge on any atom is -0.452 e. The molecule has 2 aromatic rings. The maximum absolute atomic E-state index is 13.1. The summed E-state index contributed by atoms with van der Waals surface area (Å²) < 4.78 is 5.53. The molecule has 2 aliphatic carbocycles. The third kappa shape index (κ3) is 4.35. The first kappa shape index (κ1) is 20.8. The van der Waals surface area contributed by atoms with Crippen LogP contribution in [0.5, 0.6) is 0 Å². The van der Waals surface area contributed by atoms with Gasteiger partial charge in [-0.3, -0.25) is 9.78 Å². The molecule has 2 aliphatic rings. The number of aryl methyl sites for hydroxylation is 1. The van der Waals surface area contributed by atoms with Gasteiger partial charge in [-0.2, -0.15) is 0 Å². The number of benzene rings is 1. The van der Waals surface area contributed by atoms with Crippen molar-refractivity contribution in [3.8, 4) is 0 Å². The van der Waals surface area contributed by atoms with E-state index in [1.165, 1.54) is 6.42 Å². The number of rotatable bonds is 4. The second-order valence-electron chi connectivity index (χ2n) is 9.01. The highest BCUT2D eigenvalue weighted by Gasteiger charge is 2.29. The number of carbonyl (C=O) groups is 2. The van der Waals surface area contributed by atoms with Crippen LogP contribution >= 0.6 is 0 Å². The normalized spacial score (nSPS) is 24.0. The van der Waals surface area contributed by atoms with Crippen LogP contribution in [-0.4, -0.2) is 29.5 Å². The molecule has 1 aromatic heterocycles. The average Bonchev–Trinajstić information content (AvgIpc) is 2.98. The topological polar surface area (TPSA) is 68.3 Å². The summed E-state index contributed by atoms with van der Waals surface area (Å²) in [6.45, 7) is 4.20. The van der Waals surface area contributed by atoms with Crippen molar-refractivity contribution in [1.82, 2.24) is 10.3 Å². The van der Waals surface area contributed by atoms with E-state index in [1.807, 2.05) is 24.3 Å². The Kier molecular flexibility index (Phi) is 6.35. The Labute approximate surface area is 178 Å². The fourth-order valence-electron chi connectivity index (χ4n) is 5.02. The van der Waals surface area contributed by atoms with Gasteiger partial charge in [-0.25, -0.2) is 4.79 Å². The van der Waals surface area contributed by atoms with Crippen LogP contribution in [0.1, 0.15) is 74.0 Å². The van der Waals surface area contributed by atoms with Gasteiger partial charge in [-0.15, -0.1) is 0 Å². The zero-order valence-corrected chi connectivity index (χ0v) is 18.1. The molecule has 0 spiro atoms. The molecule has 0 bridgehead atoms. The molecule has 0 aliphatic heterocycles. The molecule has 1 N–H and O–H groups in total. The molecule has 0 saturated heterocycles. The molecule has 3 atom stereocenters. The Hall–Kier alpha value is -2.43. The van der Waals surface area contributed by atoms with E-state index in [9.17, 15) is 9.59 Å². The highest BCUT2D eigenvalue weighted by molar-refractivity contribution is 6.05. The molecule has 1 heterocycles. The molecule has 4 rings (SSSR count). The van der Waals surface area contributed by atoms with E-state index in [4.69, 9.17) is 9.72 Å². The number of hydrogen-bond donors (Lipinski definition) is 1. The van der Waals surface area contributed by atoms with Crippen molar-refractivity contribution >= 4 is 22.8 Å². The lowest BCUT2D eigenvalue weighted by atomic mass is 9.78. The molecule has 5 heteroatoms. The van der Waals surface area contributed by atoms with Crippen molar-refractivity contribution in [2.45, 2.75) is 71.3 Å². The predicted molar refractivity (Wildman–Crippen MR) is 117 cm³/mol. The largest absolute Gasteiger partial charge is 0.452 e. The predicted octanol–water partition coefficient (Wildman–Crippen LogP) is 4.60. The van der Waals surface area contributed by atoms with Gasteiger partial charge in [-0.1, -0.05) is 51.3 Å². The summed E-state index contributed by atoms with van der Waals surface area (Å²) in [6.07, 6.45) is 8.34. The monoisotopic (exact) mass is 408 g/mol. The Bertz CT molecular complexity index is 939. The first-order valence-corrected chi connectivity index (χ1v) is 11.4. The SMILES string of the molecule is C[C@@H]1[C@H](C)CCC[C@@H]1NC(=O)COC(=O)c1c2c(nc3ccccc13)CCCCC2. The van der Waals surface area contributed by atoms with E-state index < -0.39 is 5.97 Å². The van der Waals surface area contributed by atoms with Crippen molar-refractivity contribution in [3.63, 3.8) is 0 Å². The van der Waals surface area contributed by atoms with Crippen LogP contribution in [-0.2, 0) is 22.4 Å². The molecule has 0 radical (unpaired) electrons. The van der Waals surface area contributed by atoms with Crippen LogP contribution in [0.25, 0.3) is 10.9 Å². The maximum Gasteiger partial charge on any atom is 0.339 e. The van der Waals surface area contributed by atoms with Gasteiger partial charge in [0.1, 0.15) is 0 Å². The molecule has 1 aromatic carbocycles. The van der Waals surface area contributed by atoms with E-state index in [2.05, 4.69) is 19.2 Å². The molecule has 30 heavy (non-hydrogen) atoms. The lowest BCUT2D eigenvalue weighted by molar-refractivity contribution is -0.125. The third-order valence-electron chi connectivity index (χ3n) is 7.01. The van der Waals surface area contributed by atoms with Gasteiger partial charge in [0.25, 0.3) is 5.91 Å². The Morgan fingerprint density at radius 3 is 2.73 bits per heavy atom. The number of carbonyl (C=O) groups excluding carboxylic acids is 2. The van der Waals surface area contributed by atoms with Crippen LogP contribution in [0.3, 0.4) is 0 Å². The first-order valence-electron chi connectivity index (χ1n) is 11.4. The summed E-state index contributed by atoms with van der Waals surface area (Å²) >= 11 is 0. The Morgan fingerprint density at radius 1 is 1.07 bits per heavy atom. The number of amides is 1. The Morgan fingerprint density at radius 2 is 1.87 bits per heavy atom. The standard InChI is InChI=1S/C25H32N2O3/c1-16-9-8-14-20(17(16)2)27-23(28)15-30-25(29)24-18-10-4-3-5-12-21(18)26-22-13-7-6-11-19(22)24/h6-7,11,13,16-17,20H,3-5,8-10,12,14-15H2,1-2H3,(H,27,28)/t16-,17-,20+/m1/s1.